The SMILES string of the molecule is COc1cc(C)c(CN(C)CN2C(=O)C(=O)N(CC(F)(F)F)C2=O)cc1OC. The van der Waals surface area contributed by atoms with Gasteiger partial charge in [0.05, 0.1) is 20.9 Å². The Kier molecular flexibility index (Phi) is 6.17. The summed E-state index contributed by atoms with van der Waals surface area (Å²) < 4.78 is 48.0. The van der Waals surface area contributed by atoms with Crippen LogP contribution in [0.15, 0.2) is 12.1 Å². The molecule has 1 saturated heterocycles. The Morgan fingerprint density at radius 2 is 1.54 bits per heavy atom. The first-order valence-electron chi connectivity index (χ1n) is 8.12. The molecule has 0 aliphatic carbocycles. The van der Waals surface area contributed by atoms with Crippen LogP contribution in [-0.2, 0) is 16.1 Å². The third-order valence-corrected chi connectivity index (χ3v) is 4.14. The van der Waals surface area contributed by atoms with Crippen molar-refractivity contribution in [3.05, 3.63) is 23.3 Å². The fourth-order valence-electron chi connectivity index (χ4n) is 2.77. The summed E-state index contributed by atoms with van der Waals surface area (Å²) in [5.74, 6) is -1.76. The van der Waals surface area contributed by atoms with Crippen LogP contribution in [0.4, 0.5) is 18.0 Å². The number of imide groups is 2. The predicted molar refractivity (Wildman–Crippen MR) is 90.6 cm³/mol. The van der Waals surface area contributed by atoms with E-state index in [0.717, 1.165) is 11.1 Å². The van der Waals surface area contributed by atoms with Gasteiger partial charge >= 0.3 is 24.0 Å². The van der Waals surface area contributed by atoms with Gasteiger partial charge in [-0.2, -0.15) is 13.2 Å². The van der Waals surface area contributed by atoms with Crippen LogP contribution in [-0.4, -0.2) is 73.2 Å². The molecular formula is C17H20F3N3O5. The van der Waals surface area contributed by atoms with Gasteiger partial charge in [0.1, 0.15) is 6.54 Å². The van der Waals surface area contributed by atoms with Gasteiger partial charge in [-0.25, -0.2) is 14.6 Å². The molecule has 28 heavy (non-hydrogen) atoms. The molecule has 0 radical (unpaired) electrons. The number of nitrogens with zero attached hydrogens (tertiary/aromatic N) is 3. The zero-order valence-electron chi connectivity index (χ0n) is 15.8. The molecule has 1 aliphatic heterocycles. The molecule has 0 spiro atoms. The van der Waals surface area contributed by atoms with Crippen LogP contribution >= 0.6 is 0 Å². The van der Waals surface area contributed by atoms with E-state index in [2.05, 4.69) is 0 Å². The van der Waals surface area contributed by atoms with Crippen LogP contribution in [0, 0.1) is 6.92 Å². The zero-order valence-corrected chi connectivity index (χ0v) is 15.8. The van der Waals surface area contributed by atoms with Crippen molar-refractivity contribution in [2.75, 3.05) is 34.5 Å². The van der Waals surface area contributed by atoms with Crippen LogP contribution in [0.5, 0.6) is 11.5 Å². The monoisotopic (exact) mass is 403 g/mol. The van der Waals surface area contributed by atoms with E-state index < -0.39 is 30.6 Å². The number of amides is 4. The number of aryl methyl sites for hydroxylation is 1. The van der Waals surface area contributed by atoms with Crippen molar-refractivity contribution in [1.29, 1.82) is 0 Å². The molecule has 0 N–H and O–H groups in total. The molecule has 1 aromatic carbocycles. The summed E-state index contributed by atoms with van der Waals surface area (Å²) in [5.41, 5.74) is 1.64. The maximum absolute atomic E-state index is 12.5. The van der Waals surface area contributed by atoms with Gasteiger partial charge in [-0.15, -0.1) is 0 Å². The molecule has 1 heterocycles. The van der Waals surface area contributed by atoms with Gasteiger partial charge in [0.2, 0.25) is 0 Å². The van der Waals surface area contributed by atoms with Crippen molar-refractivity contribution in [2.24, 2.45) is 0 Å². The first-order valence-corrected chi connectivity index (χ1v) is 8.12. The zero-order chi connectivity index (χ0) is 21.2. The summed E-state index contributed by atoms with van der Waals surface area (Å²) in [6.07, 6.45) is -4.79. The topological polar surface area (TPSA) is 79.4 Å². The Bertz CT molecular complexity index is 797. The van der Waals surface area contributed by atoms with E-state index in [1.165, 1.54) is 19.1 Å². The van der Waals surface area contributed by atoms with Gasteiger partial charge in [0, 0.05) is 6.54 Å². The van der Waals surface area contributed by atoms with E-state index in [1.807, 2.05) is 6.92 Å². The third-order valence-electron chi connectivity index (χ3n) is 4.14. The van der Waals surface area contributed by atoms with E-state index in [1.54, 1.807) is 19.2 Å². The molecule has 154 valence electrons. The first kappa shape index (κ1) is 21.5. The number of hydrogen-bond donors (Lipinski definition) is 0. The van der Waals surface area contributed by atoms with Crippen molar-refractivity contribution < 1.29 is 37.0 Å². The van der Waals surface area contributed by atoms with Crippen LogP contribution in [0.3, 0.4) is 0 Å². The highest BCUT2D eigenvalue weighted by Crippen LogP contribution is 2.31. The average molecular weight is 403 g/mol. The lowest BCUT2D eigenvalue weighted by Gasteiger charge is -2.24. The number of hydrogen-bond acceptors (Lipinski definition) is 6. The number of alkyl halides is 3. The lowest BCUT2D eigenvalue weighted by molar-refractivity contribution is -0.156. The smallest absolute Gasteiger partial charge is 0.406 e. The molecule has 2 rings (SSSR count). The average Bonchev–Trinajstić information content (AvgIpc) is 2.79. The fourth-order valence-corrected chi connectivity index (χ4v) is 2.77. The highest BCUT2D eigenvalue weighted by atomic mass is 19.4. The van der Waals surface area contributed by atoms with Gasteiger partial charge in [-0.05, 0) is 37.2 Å². The Labute approximate surface area is 159 Å². The Morgan fingerprint density at radius 3 is 2.07 bits per heavy atom. The molecule has 0 atom stereocenters. The van der Waals surface area contributed by atoms with Crippen molar-refractivity contribution in [1.82, 2.24) is 14.7 Å². The lowest BCUT2D eigenvalue weighted by atomic mass is 10.1. The standard InChI is InChI=1S/C17H20F3N3O5/c1-10-5-12(27-3)13(28-4)6-11(10)7-21(2)9-23-15(25)14(24)22(16(23)26)8-17(18,19)20/h5-6H,7-9H2,1-4H3. The first-order chi connectivity index (χ1) is 13.0. The molecule has 1 aromatic rings. The maximum Gasteiger partial charge on any atom is 0.406 e. The highest BCUT2D eigenvalue weighted by molar-refractivity contribution is 6.44. The quantitative estimate of drug-likeness (QED) is 0.510. The van der Waals surface area contributed by atoms with Crippen molar-refractivity contribution >= 4 is 17.8 Å². The number of carbonyl (C=O) groups is 3. The third kappa shape index (κ3) is 4.53. The van der Waals surface area contributed by atoms with E-state index >= 15 is 0 Å². The van der Waals surface area contributed by atoms with E-state index in [-0.39, 0.29) is 18.1 Å². The minimum atomic E-state index is -4.79. The molecule has 8 nitrogen and oxygen atoms in total. The molecule has 1 aliphatic rings. The van der Waals surface area contributed by atoms with Gasteiger partial charge in [0.15, 0.2) is 11.5 Å². The van der Waals surface area contributed by atoms with Gasteiger partial charge in [-0.1, -0.05) is 0 Å². The molecule has 0 unspecified atom stereocenters. The number of ether oxygens (including phenoxy) is 2. The summed E-state index contributed by atoms with van der Waals surface area (Å²) >= 11 is 0. The van der Waals surface area contributed by atoms with Crippen LogP contribution in [0.25, 0.3) is 0 Å². The molecule has 0 aromatic heterocycles. The number of carbonyl (C=O) groups excluding carboxylic acids is 3. The normalized spacial score (nSPS) is 15.1. The number of rotatable bonds is 7. The van der Waals surface area contributed by atoms with Gasteiger partial charge in [0.25, 0.3) is 0 Å². The Balaban J connectivity index is 2.13. The molecule has 1 fully saturated rings. The summed E-state index contributed by atoms with van der Waals surface area (Å²) in [5, 5.41) is 0. The second kappa shape index (κ2) is 8.05. The fraction of sp³-hybridized carbons (Fsp3) is 0.471. The Morgan fingerprint density at radius 1 is 1.00 bits per heavy atom. The van der Waals surface area contributed by atoms with Crippen LogP contribution in [0.2, 0.25) is 0 Å². The molecule has 4 amide bonds. The molecule has 0 bridgehead atoms. The number of benzene rings is 1. The minimum Gasteiger partial charge on any atom is -0.493 e. The van der Waals surface area contributed by atoms with Crippen LogP contribution in [0.1, 0.15) is 11.1 Å². The van der Waals surface area contributed by atoms with E-state index in [0.29, 0.717) is 16.4 Å². The van der Waals surface area contributed by atoms with Crippen molar-refractivity contribution in [3.8, 4) is 11.5 Å². The summed E-state index contributed by atoms with van der Waals surface area (Å²) in [7, 11) is 4.54. The largest absolute Gasteiger partial charge is 0.493 e. The maximum atomic E-state index is 12.5. The second-order valence-corrected chi connectivity index (χ2v) is 6.31. The molecule has 11 heteroatoms. The Hall–Kier alpha value is -2.82. The summed E-state index contributed by atoms with van der Waals surface area (Å²) in [4.78, 5) is 37.7. The minimum absolute atomic E-state index is 0.0994. The van der Waals surface area contributed by atoms with Crippen LogP contribution < -0.4 is 9.47 Å². The summed E-state index contributed by atoms with van der Waals surface area (Å²) in [6, 6.07) is 2.19. The summed E-state index contributed by atoms with van der Waals surface area (Å²) in [6.45, 7) is -0.0699. The molecule has 0 saturated carbocycles. The molecular weight excluding hydrogens is 383 g/mol. The van der Waals surface area contributed by atoms with E-state index in [9.17, 15) is 27.6 Å². The highest BCUT2D eigenvalue weighted by Gasteiger charge is 2.49. The van der Waals surface area contributed by atoms with Crippen molar-refractivity contribution in [2.45, 2.75) is 19.6 Å². The number of urea groups is 1. The van der Waals surface area contributed by atoms with E-state index in [4.69, 9.17) is 9.47 Å². The predicted octanol–water partition coefficient (Wildman–Crippen LogP) is 1.75. The van der Waals surface area contributed by atoms with Gasteiger partial charge in [-0.3, -0.25) is 14.5 Å². The number of methoxy groups -OCH3 is 2. The lowest BCUT2D eigenvalue weighted by Crippen LogP contribution is -2.42. The van der Waals surface area contributed by atoms with Gasteiger partial charge < -0.3 is 9.47 Å². The number of halogens is 3. The second-order valence-electron chi connectivity index (χ2n) is 6.31. The van der Waals surface area contributed by atoms with Crippen molar-refractivity contribution in [3.63, 3.8) is 0 Å².